The van der Waals surface area contributed by atoms with Crippen molar-refractivity contribution in [1.82, 2.24) is 4.31 Å². The molecule has 0 radical (unpaired) electrons. The number of sulfonamides is 1. The van der Waals surface area contributed by atoms with Crippen molar-refractivity contribution in [2.24, 2.45) is 0 Å². The minimum Gasteiger partial charge on any atom is -0.452 e. The molecule has 0 aromatic heterocycles. The Morgan fingerprint density at radius 2 is 1.69 bits per heavy atom. The van der Waals surface area contributed by atoms with Crippen LogP contribution in [0.4, 0.5) is 5.69 Å². The minimum atomic E-state index is -3.72. The molecule has 0 spiro atoms. The third-order valence-corrected chi connectivity index (χ3v) is 6.93. The molecule has 0 fully saturated rings. The van der Waals surface area contributed by atoms with Gasteiger partial charge in [0.2, 0.25) is 10.0 Å². The molecule has 29 heavy (non-hydrogen) atoms. The molecule has 0 bridgehead atoms. The molecule has 0 unspecified atom stereocenters. The highest BCUT2D eigenvalue weighted by molar-refractivity contribution is 9.10. The summed E-state index contributed by atoms with van der Waals surface area (Å²) in [6.45, 7) is 5.32. The largest absolute Gasteiger partial charge is 0.452 e. The van der Waals surface area contributed by atoms with Crippen molar-refractivity contribution in [3.8, 4) is 0 Å². The Bertz CT molecular complexity index is 986. The number of aryl methyl sites for hydroxylation is 1. The lowest BCUT2D eigenvalue weighted by molar-refractivity contribution is -0.119. The molecule has 2 aromatic rings. The van der Waals surface area contributed by atoms with Gasteiger partial charge in [-0.1, -0.05) is 35.8 Å². The van der Waals surface area contributed by atoms with Gasteiger partial charge in [-0.05, 0) is 48.9 Å². The maximum absolute atomic E-state index is 12.8. The van der Waals surface area contributed by atoms with Crippen molar-refractivity contribution in [3.05, 3.63) is 58.1 Å². The lowest BCUT2D eigenvalue weighted by Gasteiger charge is -2.20. The first-order chi connectivity index (χ1) is 13.7. The van der Waals surface area contributed by atoms with Gasteiger partial charge in [-0.25, -0.2) is 13.2 Å². The molecule has 0 heterocycles. The van der Waals surface area contributed by atoms with Crippen molar-refractivity contribution in [3.63, 3.8) is 0 Å². The lowest BCUT2D eigenvalue weighted by atomic mass is 10.1. The molecule has 0 atom stereocenters. The Hall–Kier alpha value is -2.23. The second-order valence-electron chi connectivity index (χ2n) is 6.20. The molecule has 1 amide bonds. The van der Waals surface area contributed by atoms with E-state index in [1.165, 1.54) is 16.4 Å². The van der Waals surface area contributed by atoms with Gasteiger partial charge in [0.05, 0.1) is 10.5 Å². The summed E-state index contributed by atoms with van der Waals surface area (Å²) in [5.74, 6) is -1.27. The molecule has 2 rings (SSSR count). The Morgan fingerprint density at radius 1 is 1.07 bits per heavy atom. The van der Waals surface area contributed by atoms with E-state index in [-0.39, 0.29) is 10.5 Å². The van der Waals surface area contributed by atoms with E-state index >= 15 is 0 Å². The van der Waals surface area contributed by atoms with E-state index in [1.807, 2.05) is 0 Å². The van der Waals surface area contributed by atoms with E-state index in [0.29, 0.717) is 24.3 Å². The highest BCUT2D eigenvalue weighted by Gasteiger charge is 2.25. The number of hydrogen-bond acceptors (Lipinski definition) is 5. The first kappa shape index (κ1) is 23.1. The predicted molar refractivity (Wildman–Crippen MR) is 114 cm³/mol. The van der Waals surface area contributed by atoms with Crippen LogP contribution >= 0.6 is 15.9 Å². The van der Waals surface area contributed by atoms with E-state index < -0.39 is 28.5 Å². The summed E-state index contributed by atoms with van der Waals surface area (Å²) in [5.41, 5.74) is 1.16. The molecule has 156 valence electrons. The number of rotatable bonds is 8. The average Bonchev–Trinajstić information content (AvgIpc) is 2.69. The molecule has 1 N–H and O–H groups in total. The number of halogens is 1. The zero-order valence-corrected chi connectivity index (χ0v) is 18.8. The van der Waals surface area contributed by atoms with Crippen LogP contribution in [0.25, 0.3) is 0 Å². The van der Waals surface area contributed by atoms with Crippen molar-refractivity contribution in [2.75, 3.05) is 25.0 Å². The zero-order chi connectivity index (χ0) is 21.6. The van der Waals surface area contributed by atoms with Crippen LogP contribution in [0.2, 0.25) is 0 Å². The topological polar surface area (TPSA) is 92.8 Å². The van der Waals surface area contributed by atoms with Crippen LogP contribution in [0.3, 0.4) is 0 Å². The van der Waals surface area contributed by atoms with Crippen LogP contribution in [0, 0.1) is 6.92 Å². The van der Waals surface area contributed by atoms with Crippen LogP contribution in [-0.2, 0) is 19.6 Å². The minimum absolute atomic E-state index is 0.0509. The maximum atomic E-state index is 12.8. The Kier molecular flexibility index (Phi) is 7.95. The fourth-order valence-corrected chi connectivity index (χ4v) is 4.63. The summed E-state index contributed by atoms with van der Waals surface area (Å²) >= 11 is 3.30. The molecule has 7 nitrogen and oxygen atoms in total. The van der Waals surface area contributed by atoms with Crippen molar-refractivity contribution >= 4 is 43.5 Å². The van der Waals surface area contributed by atoms with E-state index in [9.17, 15) is 18.0 Å². The highest BCUT2D eigenvalue weighted by Crippen LogP contribution is 2.22. The van der Waals surface area contributed by atoms with Crippen LogP contribution in [0.15, 0.2) is 51.8 Å². The standard InChI is InChI=1S/C20H23BrN2O5S/c1-4-23(5-2)29(26,27)18-12-15(7-6-14(18)3)20(25)28-13-19(24)22-17-10-8-16(21)9-11-17/h6-12H,4-5,13H2,1-3H3,(H,22,24). The number of esters is 1. The molecular weight excluding hydrogens is 460 g/mol. The lowest BCUT2D eigenvalue weighted by Crippen LogP contribution is -2.31. The fourth-order valence-electron chi connectivity index (χ4n) is 2.65. The number of benzene rings is 2. The number of carbonyl (C=O) groups is 2. The van der Waals surface area contributed by atoms with Gasteiger partial charge in [-0.2, -0.15) is 4.31 Å². The number of carbonyl (C=O) groups excluding carboxylic acids is 2. The average molecular weight is 483 g/mol. The Labute approximate surface area is 179 Å². The third kappa shape index (κ3) is 5.88. The Balaban J connectivity index is 2.09. The summed E-state index contributed by atoms with van der Waals surface area (Å²) in [5, 5.41) is 2.61. The van der Waals surface area contributed by atoms with Crippen LogP contribution in [0.1, 0.15) is 29.8 Å². The highest BCUT2D eigenvalue weighted by atomic mass is 79.9. The van der Waals surface area contributed by atoms with Crippen LogP contribution in [-0.4, -0.2) is 44.3 Å². The maximum Gasteiger partial charge on any atom is 0.338 e. The Morgan fingerprint density at radius 3 is 2.28 bits per heavy atom. The van der Waals surface area contributed by atoms with Crippen molar-refractivity contribution in [1.29, 1.82) is 0 Å². The van der Waals surface area contributed by atoms with Crippen LogP contribution in [0.5, 0.6) is 0 Å². The molecular formula is C20H23BrN2O5S. The van der Waals surface area contributed by atoms with Gasteiger partial charge in [0.25, 0.3) is 5.91 Å². The normalized spacial score (nSPS) is 11.3. The number of nitrogens with zero attached hydrogens (tertiary/aromatic N) is 1. The van der Waals surface area contributed by atoms with Gasteiger partial charge in [-0.15, -0.1) is 0 Å². The molecule has 9 heteroatoms. The molecule has 2 aromatic carbocycles. The predicted octanol–water partition coefficient (Wildman–Crippen LogP) is 3.58. The first-order valence-electron chi connectivity index (χ1n) is 9.02. The van der Waals surface area contributed by atoms with Gasteiger partial charge in [0.15, 0.2) is 6.61 Å². The van der Waals surface area contributed by atoms with E-state index in [2.05, 4.69) is 21.2 Å². The monoisotopic (exact) mass is 482 g/mol. The number of hydrogen-bond donors (Lipinski definition) is 1. The zero-order valence-electron chi connectivity index (χ0n) is 16.4. The van der Waals surface area contributed by atoms with Gasteiger partial charge in [0, 0.05) is 23.2 Å². The quantitative estimate of drug-likeness (QED) is 0.580. The third-order valence-electron chi connectivity index (χ3n) is 4.21. The molecule has 0 saturated heterocycles. The van der Waals surface area contributed by atoms with Crippen molar-refractivity contribution < 1.29 is 22.7 Å². The summed E-state index contributed by atoms with van der Waals surface area (Å²) < 4.78 is 32.8. The fraction of sp³-hybridized carbons (Fsp3) is 0.300. The summed E-state index contributed by atoms with van der Waals surface area (Å²) in [6, 6.07) is 11.3. The van der Waals surface area contributed by atoms with E-state index in [0.717, 1.165) is 4.47 Å². The number of ether oxygens (including phenoxy) is 1. The summed E-state index contributed by atoms with van der Waals surface area (Å²) in [6.07, 6.45) is 0. The SMILES string of the molecule is CCN(CC)S(=O)(=O)c1cc(C(=O)OCC(=O)Nc2ccc(Br)cc2)ccc1C. The molecule has 0 aliphatic heterocycles. The molecule has 0 aliphatic rings. The number of amides is 1. The van der Waals surface area contributed by atoms with Gasteiger partial charge in [-0.3, -0.25) is 4.79 Å². The number of anilines is 1. The second kappa shape index (κ2) is 10.00. The van der Waals surface area contributed by atoms with E-state index in [4.69, 9.17) is 4.74 Å². The summed E-state index contributed by atoms with van der Waals surface area (Å²) in [4.78, 5) is 24.4. The molecule has 0 aliphatic carbocycles. The summed E-state index contributed by atoms with van der Waals surface area (Å²) in [7, 11) is -3.72. The van der Waals surface area contributed by atoms with E-state index in [1.54, 1.807) is 51.1 Å². The second-order valence-corrected chi connectivity index (χ2v) is 9.02. The van der Waals surface area contributed by atoms with Crippen LogP contribution < -0.4 is 5.32 Å². The van der Waals surface area contributed by atoms with Gasteiger partial charge < -0.3 is 10.1 Å². The molecule has 0 saturated carbocycles. The smallest absolute Gasteiger partial charge is 0.338 e. The van der Waals surface area contributed by atoms with Gasteiger partial charge >= 0.3 is 5.97 Å². The van der Waals surface area contributed by atoms with Gasteiger partial charge in [0.1, 0.15) is 0 Å². The first-order valence-corrected chi connectivity index (χ1v) is 11.3. The van der Waals surface area contributed by atoms with Crippen molar-refractivity contribution in [2.45, 2.75) is 25.7 Å². The number of nitrogens with one attached hydrogen (secondary N) is 1.